The van der Waals surface area contributed by atoms with Gasteiger partial charge < -0.3 is 10.4 Å². The number of nitrogens with zero attached hydrogens (tertiary/aromatic N) is 2. The fourth-order valence-electron chi connectivity index (χ4n) is 3.93. The average molecular weight is 506 g/mol. The molecule has 6 nitrogen and oxygen atoms in total. The molecule has 184 valence electrons. The Kier molecular flexibility index (Phi) is 7.90. The van der Waals surface area contributed by atoms with Crippen LogP contribution in [0.1, 0.15) is 53.8 Å². The van der Waals surface area contributed by atoms with Crippen LogP contribution >= 0.6 is 11.6 Å². The number of benzene rings is 3. The Morgan fingerprint density at radius 3 is 2.39 bits per heavy atom. The number of carbonyl (C=O) groups is 2. The van der Waals surface area contributed by atoms with Crippen LogP contribution in [0.5, 0.6) is 0 Å². The first-order valence-corrected chi connectivity index (χ1v) is 12.0. The van der Waals surface area contributed by atoms with Crippen molar-refractivity contribution >= 4 is 34.5 Å². The highest BCUT2D eigenvalue weighted by atomic mass is 35.5. The number of hydrogen-bond donors (Lipinski definition) is 2. The summed E-state index contributed by atoms with van der Waals surface area (Å²) in [6.45, 7) is 1.90. The number of aromatic nitrogens is 2. The second kappa shape index (κ2) is 11.3. The van der Waals surface area contributed by atoms with Crippen LogP contribution in [0, 0.1) is 5.82 Å². The molecular formula is C28H25ClFN3O3. The Labute approximate surface area is 213 Å². The lowest BCUT2D eigenvalue weighted by atomic mass is 10.0. The van der Waals surface area contributed by atoms with Crippen LogP contribution in [0.25, 0.3) is 22.3 Å². The fraction of sp³-hybridized carbons (Fsp3) is 0.214. The minimum atomic E-state index is -0.846. The summed E-state index contributed by atoms with van der Waals surface area (Å²) in [5.41, 5.74) is 4.55. The van der Waals surface area contributed by atoms with Gasteiger partial charge in [-0.05, 0) is 86.3 Å². The predicted molar refractivity (Wildman–Crippen MR) is 137 cm³/mol. The van der Waals surface area contributed by atoms with Crippen LogP contribution in [-0.4, -0.2) is 27.0 Å². The van der Waals surface area contributed by atoms with Crippen LogP contribution in [0.15, 0.2) is 66.7 Å². The third kappa shape index (κ3) is 6.23. The highest BCUT2D eigenvalue weighted by molar-refractivity contribution is 6.30. The molecule has 1 amide bonds. The molecule has 0 bridgehead atoms. The van der Waals surface area contributed by atoms with Crippen molar-refractivity contribution in [2.45, 2.75) is 38.6 Å². The largest absolute Gasteiger partial charge is 0.481 e. The summed E-state index contributed by atoms with van der Waals surface area (Å²) in [7, 11) is 0. The maximum absolute atomic E-state index is 13.5. The predicted octanol–water partition coefficient (Wildman–Crippen LogP) is 6.38. The molecule has 0 aliphatic carbocycles. The molecular weight excluding hydrogens is 481 g/mol. The van der Waals surface area contributed by atoms with E-state index in [-0.39, 0.29) is 24.2 Å². The molecule has 0 saturated carbocycles. The number of hydrogen-bond acceptors (Lipinski definition) is 4. The first kappa shape index (κ1) is 25.3. The van der Waals surface area contributed by atoms with Crippen LogP contribution in [0.4, 0.5) is 4.39 Å². The lowest BCUT2D eigenvalue weighted by Gasteiger charge is -2.15. The van der Waals surface area contributed by atoms with Gasteiger partial charge in [0.05, 0.1) is 28.5 Å². The van der Waals surface area contributed by atoms with E-state index in [2.05, 4.69) is 5.32 Å². The molecule has 2 N–H and O–H groups in total. The van der Waals surface area contributed by atoms with E-state index in [0.29, 0.717) is 52.3 Å². The molecule has 0 fully saturated rings. The minimum Gasteiger partial charge on any atom is -0.481 e. The van der Waals surface area contributed by atoms with Crippen LogP contribution < -0.4 is 5.32 Å². The normalized spacial score (nSPS) is 11.9. The first-order valence-electron chi connectivity index (χ1n) is 11.6. The summed E-state index contributed by atoms with van der Waals surface area (Å²) in [5.74, 6) is -1.44. The molecule has 4 rings (SSSR count). The van der Waals surface area contributed by atoms with Gasteiger partial charge in [0.15, 0.2) is 0 Å². The van der Waals surface area contributed by atoms with Gasteiger partial charge in [0.1, 0.15) is 5.82 Å². The van der Waals surface area contributed by atoms with Crippen LogP contribution in [0.3, 0.4) is 0 Å². The maximum Gasteiger partial charge on any atom is 0.303 e. The van der Waals surface area contributed by atoms with Gasteiger partial charge in [-0.25, -0.2) is 14.4 Å². The fourth-order valence-corrected chi connectivity index (χ4v) is 4.05. The molecule has 0 radical (unpaired) electrons. The Morgan fingerprint density at radius 2 is 1.69 bits per heavy atom. The molecule has 0 saturated heterocycles. The molecule has 0 spiro atoms. The van der Waals surface area contributed by atoms with Crippen molar-refractivity contribution in [3.8, 4) is 11.3 Å². The second-order valence-corrected chi connectivity index (χ2v) is 9.01. The number of carboxylic acids is 1. The summed E-state index contributed by atoms with van der Waals surface area (Å²) in [6.07, 6.45) is 1.69. The second-order valence-electron chi connectivity index (χ2n) is 8.58. The molecule has 1 atom stereocenters. The van der Waals surface area contributed by atoms with Gasteiger partial charge in [-0.2, -0.15) is 0 Å². The first-order chi connectivity index (χ1) is 17.3. The number of amides is 1. The van der Waals surface area contributed by atoms with Crippen molar-refractivity contribution in [2.75, 3.05) is 0 Å². The molecule has 8 heteroatoms. The van der Waals surface area contributed by atoms with E-state index < -0.39 is 5.97 Å². The number of carbonyl (C=O) groups excluding carboxylic acids is 1. The van der Waals surface area contributed by atoms with E-state index in [1.807, 2.05) is 19.1 Å². The van der Waals surface area contributed by atoms with Crippen molar-refractivity contribution in [1.29, 1.82) is 0 Å². The zero-order valence-electron chi connectivity index (χ0n) is 19.7. The van der Waals surface area contributed by atoms with Gasteiger partial charge in [-0.1, -0.05) is 23.7 Å². The van der Waals surface area contributed by atoms with Crippen molar-refractivity contribution in [1.82, 2.24) is 15.3 Å². The standard InChI is InChI=1S/C28H25ClFN3O3/c1-17(18-6-11-21(29)12-7-18)31-28(36)20-10-15-23-25(16-20)32-24(4-2-3-5-26(34)35)27(33-23)19-8-13-22(30)14-9-19/h6-17H,2-5H2,1H3,(H,31,36)(H,34,35). The number of aliphatic carboxylic acids is 1. The SMILES string of the molecule is CC(NC(=O)c1ccc2nc(-c3ccc(F)cc3)c(CCCCC(=O)O)nc2c1)c1ccc(Cl)cc1. The van der Waals surface area contributed by atoms with Crippen molar-refractivity contribution in [2.24, 2.45) is 0 Å². The number of halogens is 2. The highest BCUT2D eigenvalue weighted by Crippen LogP contribution is 2.26. The molecule has 36 heavy (non-hydrogen) atoms. The van der Waals surface area contributed by atoms with Crippen LogP contribution in [-0.2, 0) is 11.2 Å². The molecule has 4 aromatic rings. The van der Waals surface area contributed by atoms with E-state index in [1.54, 1.807) is 42.5 Å². The summed E-state index contributed by atoms with van der Waals surface area (Å²) in [4.78, 5) is 33.4. The van der Waals surface area contributed by atoms with Crippen LogP contribution in [0.2, 0.25) is 5.02 Å². The number of rotatable bonds is 9. The zero-order chi connectivity index (χ0) is 25.7. The number of unbranched alkanes of at least 4 members (excludes halogenated alkanes) is 1. The Morgan fingerprint density at radius 1 is 0.972 bits per heavy atom. The number of carboxylic acid groups (broad SMARTS) is 1. The molecule has 3 aromatic carbocycles. The van der Waals surface area contributed by atoms with E-state index in [4.69, 9.17) is 26.7 Å². The third-order valence-electron chi connectivity index (χ3n) is 5.89. The van der Waals surface area contributed by atoms with Gasteiger partial charge in [0.25, 0.3) is 5.91 Å². The van der Waals surface area contributed by atoms with Gasteiger partial charge in [0, 0.05) is 22.6 Å². The topological polar surface area (TPSA) is 92.2 Å². The number of nitrogens with one attached hydrogen (secondary N) is 1. The maximum atomic E-state index is 13.5. The molecule has 0 aliphatic rings. The van der Waals surface area contributed by atoms with Crippen molar-refractivity contribution in [3.05, 3.63) is 94.4 Å². The highest BCUT2D eigenvalue weighted by Gasteiger charge is 2.16. The smallest absolute Gasteiger partial charge is 0.303 e. The van der Waals surface area contributed by atoms with E-state index in [0.717, 1.165) is 11.1 Å². The third-order valence-corrected chi connectivity index (χ3v) is 6.14. The molecule has 1 heterocycles. The Bertz CT molecular complexity index is 1390. The Balaban J connectivity index is 1.62. The van der Waals surface area contributed by atoms with Gasteiger partial charge >= 0.3 is 5.97 Å². The van der Waals surface area contributed by atoms with Crippen molar-refractivity contribution in [3.63, 3.8) is 0 Å². The summed E-state index contributed by atoms with van der Waals surface area (Å²) >= 11 is 5.95. The minimum absolute atomic E-state index is 0.0724. The van der Waals surface area contributed by atoms with Gasteiger partial charge in [-0.3, -0.25) is 9.59 Å². The zero-order valence-corrected chi connectivity index (χ0v) is 20.4. The Hall–Kier alpha value is -3.84. The number of aryl methyl sites for hydroxylation is 1. The molecule has 0 aliphatic heterocycles. The quantitative estimate of drug-likeness (QED) is 0.257. The molecule has 1 aromatic heterocycles. The summed E-state index contributed by atoms with van der Waals surface area (Å²) in [6, 6.07) is 18.2. The summed E-state index contributed by atoms with van der Waals surface area (Å²) < 4.78 is 13.5. The monoisotopic (exact) mass is 505 g/mol. The lowest BCUT2D eigenvalue weighted by Crippen LogP contribution is -2.26. The van der Waals surface area contributed by atoms with E-state index >= 15 is 0 Å². The number of fused-ring (bicyclic) bond motifs is 1. The van der Waals surface area contributed by atoms with Gasteiger partial charge in [-0.15, -0.1) is 0 Å². The summed E-state index contributed by atoms with van der Waals surface area (Å²) in [5, 5.41) is 12.5. The average Bonchev–Trinajstić information content (AvgIpc) is 2.86. The van der Waals surface area contributed by atoms with Crippen molar-refractivity contribution < 1.29 is 19.1 Å². The molecule has 1 unspecified atom stereocenters. The van der Waals surface area contributed by atoms with Gasteiger partial charge in [0.2, 0.25) is 0 Å². The van der Waals surface area contributed by atoms with E-state index in [1.165, 1.54) is 12.1 Å². The lowest BCUT2D eigenvalue weighted by molar-refractivity contribution is -0.137. The van der Waals surface area contributed by atoms with E-state index in [9.17, 15) is 14.0 Å².